The number of benzene rings is 3. The number of carbonyl (C=O) groups is 3. The van der Waals surface area contributed by atoms with E-state index in [2.05, 4.69) is 0 Å². The Labute approximate surface area is 206 Å². The molecule has 0 radical (unpaired) electrons. The van der Waals surface area contributed by atoms with Crippen LogP contribution in [-0.4, -0.2) is 65.4 Å². The van der Waals surface area contributed by atoms with Crippen LogP contribution in [0.5, 0.6) is 0 Å². The molecule has 3 aromatic carbocycles. The van der Waals surface area contributed by atoms with E-state index in [0.717, 1.165) is 0 Å². The van der Waals surface area contributed by atoms with Crippen molar-refractivity contribution in [3.63, 3.8) is 0 Å². The summed E-state index contributed by atoms with van der Waals surface area (Å²) in [7, 11) is 0. The number of hydrogen-bond acceptors (Lipinski definition) is 9. The van der Waals surface area contributed by atoms with Crippen LogP contribution in [-0.2, 0) is 18.9 Å². The SMILES string of the molecule is O=C(OC[C@@H]1O[C@H](O)[C@@H](OC(=O)c2ccccc2)[C@@H](OC(=O)c2ccccc2)[C@H]1O)c1ccccc1. The van der Waals surface area contributed by atoms with Gasteiger partial charge >= 0.3 is 17.9 Å². The van der Waals surface area contributed by atoms with E-state index in [1.54, 1.807) is 66.7 Å². The van der Waals surface area contributed by atoms with Gasteiger partial charge in [0, 0.05) is 0 Å². The topological polar surface area (TPSA) is 129 Å². The van der Waals surface area contributed by atoms with Crippen molar-refractivity contribution in [2.45, 2.75) is 30.7 Å². The molecule has 1 saturated heterocycles. The second-order valence-corrected chi connectivity index (χ2v) is 7.99. The van der Waals surface area contributed by atoms with Gasteiger partial charge in [0.05, 0.1) is 16.7 Å². The van der Waals surface area contributed by atoms with E-state index in [4.69, 9.17) is 18.9 Å². The van der Waals surface area contributed by atoms with Crippen LogP contribution in [0.25, 0.3) is 0 Å². The average Bonchev–Trinajstić information content (AvgIpc) is 2.92. The molecule has 36 heavy (non-hydrogen) atoms. The second-order valence-electron chi connectivity index (χ2n) is 7.99. The summed E-state index contributed by atoms with van der Waals surface area (Å²) in [5, 5.41) is 21.6. The summed E-state index contributed by atoms with van der Waals surface area (Å²) in [6.45, 7) is -0.454. The average molecular weight is 492 g/mol. The van der Waals surface area contributed by atoms with Gasteiger partial charge in [-0.05, 0) is 36.4 Å². The quantitative estimate of drug-likeness (QED) is 0.377. The Morgan fingerprint density at radius 3 is 1.53 bits per heavy atom. The predicted molar refractivity (Wildman–Crippen MR) is 125 cm³/mol. The molecule has 9 nitrogen and oxygen atoms in total. The highest BCUT2D eigenvalue weighted by molar-refractivity contribution is 5.90. The molecule has 3 aromatic rings. The lowest BCUT2D eigenvalue weighted by Gasteiger charge is -2.41. The molecule has 5 atom stereocenters. The Balaban J connectivity index is 1.52. The molecule has 4 rings (SSSR count). The van der Waals surface area contributed by atoms with Crippen LogP contribution in [0.15, 0.2) is 91.0 Å². The van der Waals surface area contributed by atoms with Gasteiger partial charge < -0.3 is 29.2 Å². The molecular formula is C27H24O9. The van der Waals surface area contributed by atoms with Crippen molar-refractivity contribution >= 4 is 17.9 Å². The highest BCUT2D eigenvalue weighted by Gasteiger charge is 2.50. The summed E-state index contributed by atoms with van der Waals surface area (Å²) in [4.78, 5) is 37.7. The van der Waals surface area contributed by atoms with Crippen molar-refractivity contribution in [2.24, 2.45) is 0 Å². The fraction of sp³-hybridized carbons (Fsp3) is 0.222. The summed E-state index contributed by atoms with van der Waals surface area (Å²) in [5.41, 5.74) is 0.655. The van der Waals surface area contributed by atoms with E-state index in [-0.39, 0.29) is 16.7 Å². The van der Waals surface area contributed by atoms with Gasteiger partial charge in [0.15, 0.2) is 18.5 Å². The monoisotopic (exact) mass is 492 g/mol. The summed E-state index contributed by atoms with van der Waals surface area (Å²) in [6, 6.07) is 24.1. The van der Waals surface area contributed by atoms with Crippen molar-refractivity contribution in [3.05, 3.63) is 108 Å². The standard InChI is InChI=1S/C27H24O9/c28-21-20(16-33-24(29)17-10-4-1-5-11-17)34-27(32)23(36-26(31)19-14-8-3-9-15-19)22(21)35-25(30)18-12-6-2-7-13-18/h1-15,20-23,27-28,32H,16H2/t20-,21-,22-,23-,27-/m0/s1. The number of aliphatic hydroxyl groups is 2. The Hall–Kier alpha value is -4.05. The highest BCUT2D eigenvalue weighted by Crippen LogP contribution is 2.27. The van der Waals surface area contributed by atoms with E-state index in [9.17, 15) is 24.6 Å². The summed E-state index contributed by atoms with van der Waals surface area (Å²) in [5.74, 6) is -2.30. The molecular weight excluding hydrogens is 468 g/mol. The van der Waals surface area contributed by atoms with Crippen LogP contribution in [0.4, 0.5) is 0 Å². The molecule has 1 aliphatic rings. The molecule has 0 aromatic heterocycles. The van der Waals surface area contributed by atoms with Crippen molar-refractivity contribution in [1.82, 2.24) is 0 Å². The van der Waals surface area contributed by atoms with E-state index < -0.39 is 55.2 Å². The van der Waals surface area contributed by atoms with E-state index in [1.165, 1.54) is 24.3 Å². The van der Waals surface area contributed by atoms with Crippen LogP contribution >= 0.6 is 0 Å². The minimum atomic E-state index is -1.78. The minimum absolute atomic E-state index is 0.186. The van der Waals surface area contributed by atoms with Gasteiger partial charge in [0.25, 0.3) is 0 Å². The van der Waals surface area contributed by atoms with Crippen molar-refractivity contribution < 1.29 is 43.5 Å². The first-order chi connectivity index (χ1) is 17.4. The highest BCUT2D eigenvalue weighted by atomic mass is 16.7. The predicted octanol–water partition coefficient (Wildman–Crippen LogP) is 2.37. The maximum absolute atomic E-state index is 12.7. The third kappa shape index (κ3) is 5.95. The third-order valence-electron chi connectivity index (χ3n) is 5.53. The smallest absolute Gasteiger partial charge is 0.338 e. The van der Waals surface area contributed by atoms with Gasteiger partial charge in [-0.2, -0.15) is 0 Å². The van der Waals surface area contributed by atoms with E-state index >= 15 is 0 Å². The fourth-order valence-electron chi connectivity index (χ4n) is 3.65. The first-order valence-corrected chi connectivity index (χ1v) is 11.2. The summed E-state index contributed by atoms with van der Waals surface area (Å²) < 4.78 is 21.5. The number of carbonyl (C=O) groups excluding carboxylic acids is 3. The van der Waals surface area contributed by atoms with E-state index in [1.807, 2.05) is 0 Å². The Kier molecular flexibility index (Phi) is 8.06. The van der Waals surface area contributed by atoms with Crippen molar-refractivity contribution in [2.75, 3.05) is 6.61 Å². The molecule has 1 fully saturated rings. The first kappa shape index (κ1) is 25.1. The largest absolute Gasteiger partial charge is 0.459 e. The maximum Gasteiger partial charge on any atom is 0.338 e. The Morgan fingerprint density at radius 1 is 0.639 bits per heavy atom. The van der Waals surface area contributed by atoms with Gasteiger partial charge in [-0.3, -0.25) is 0 Å². The zero-order valence-corrected chi connectivity index (χ0v) is 19.0. The Bertz CT molecular complexity index is 1170. The Morgan fingerprint density at radius 2 is 1.06 bits per heavy atom. The van der Waals surface area contributed by atoms with E-state index in [0.29, 0.717) is 0 Å². The number of rotatable bonds is 7. The molecule has 1 heterocycles. The van der Waals surface area contributed by atoms with Crippen molar-refractivity contribution in [3.8, 4) is 0 Å². The maximum atomic E-state index is 12.7. The third-order valence-corrected chi connectivity index (χ3v) is 5.53. The lowest BCUT2D eigenvalue weighted by Crippen LogP contribution is -2.61. The number of hydrogen-bond donors (Lipinski definition) is 2. The van der Waals surface area contributed by atoms with Crippen LogP contribution in [0, 0.1) is 0 Å². The van der Waals surface area contributed by atoms with Gasteiger partial charge in [0.2, 0.25) is 0 Å². The molecule has 0 spiro atoms. The molecule has 186 valence electrons. The number of aliphatic hydroxyl groups excluding tert-OH is 2. The number of esters is 3. The summed E-state index contributed by atoms with van der Waals surface area (Å²) >= 11 is 0. The first-order valence-electron chi connectivity index (χ1n) is 11.2. The fourth-order valence-corrected chi connectivity index (χ4v) is 3.65. The molecule has 1 aliphatic heterocycles. The minimum Gasteiger partial charge on any atom is -0.459 e. The molecule has 0 amide bonds. The van der Waals surface area contributed by atoms with Crippen LogP contribution in [0.3, 0.4) is 0 Å². The summed E-state index contributed by atoms with van der Waals surface area (Å²) in [6.07, 6.45) is -7.72. The molecule has 0 bridgehead atoms. The van der Waals surface area contributed by atoms with Crippen molar-refractivity contribution in [1.29, 1.82) is 0 Å². The van der Waals surface area contributed by atoms with Gasteiger partial charge in [0.1, 0.15) is 18.8 Å². The molecule has 9 heteroatoms. The van der Waals surface area contributed by atoms with Crippen LogP contribution < -0.4 is 0 Å². The molecule has 0 aliphatic carbocycles. The zero-order valence-electron chi connectivity index (χ0n) is 19.0. The lowest BCUT2D eigenvalue weighted by molar-refractivity contribution is -0.284. The van der Waals surface area contributed by atoms with Gasteiger partial charge in [-0.1, -0.05) is 54.6 Å². The molecule has 0 unspecified atom stereocenters. The van der Waals surface area contributed by atoms with Crippen LogP contribution in [0.2, 0.25) is 0 Å². The zero-order chi connectivity index (χ0) is 25.5. The normalized spacial score (nSPS) is 23.3. The van der Waals surface area contributed by atoms with Crippen LogP contribution in [0.1, 0.15) is 31.1 Å². The molecule has 0 saturated carbocycles. The molecule has 2 N–H and O–H groups in total. The lowest BCUT2D eigenvalue weighted by atomic mass is 9.98. The second kappa shape index (κ2) is 11.6. The number of ether oxygens (including phenoxy) is 4. The van der Waals surface area contributed by atoms with Gasteiger partial charge in [-0.15, -0.1) is 0 Å². The van der Waals surface area contributed by atoms with Gasteiger partial charge in [-0.25, -0.2) is 14.4 Å².